The van der Waals surface area contributed by atoms with Crippen LogP contribution in [0.1, 0.15) is 49.0 Å². The SMILES string of the molecule is Cc1cc(C(=O)N2CCCC2C(=O)NCC(CC(C)C)N2CCOCC2)ccc1[N+](=O)[O-]. The number of benzene rings is 1. The van der Waals surface area contributed by atoms with E-state index in [1.54, 1.807) is 11.8 Å². The third-order valence-electron chi connectivity index (χ3n) is 6.27. The van der Waals surface area contributed by atoms with Crippen LogP contribution in [0, 0.1) is 23.0 Å². The number of morpholine rings is 1. The van der Waals surface area contributed by atoms with Gasteiger partial charge in [-0.15, -0.1) is 0 Å². The average molecular weight is 447 g/mol. The number of nitro groups is 1. The first-order valence-electron chi connectivity index (χ1n) is 11.4. The van der Waals surface area contributed by atoms with E-state index >= 15 is 0 Å². The Morgan fingerprint density at radius 3 is 2.59 bits per heavy atom. The van der Waals surface area contributed by atoms with Gasteiger partial charge in [0, 0.05) is 49.4 Å². The van der Waals surface area contributed by atoms with Crippen LogP contribution >= 0.6 is 0 Å². The van der Waals surface area contributed by atoms with Crippen LogP contribution in [0.4, 0.5) is 5.69 Å². The molecule has 0 spiro atoms. The Morgan fingerprint density at radius 2 is 1.97 bits per heavy atom. The molecule has 2 heterocycles. The summed E-state index contributed by atoms with van der Waals surface area (Å²) in [6, 6.07) is 4.09. The highest BCUT2D eigenvalue weighted by molar-refractivity contribution is 5.98. The van der Waals surface area contributed by atoms with Gasteiger partial charge >= 0.3 is 0 Å². The van der Waals surface area contributed by atoms with Gasteiger partial charge in [-0.1, -0.05) is 13.8 Å². The predicted octanol–water partition coefficient (Wildman–Crippen LogP) is 2.37. The standard InChI is InChI=1S/C23H34N4O5/c1-16(2)13-19(25-9-11-32-12-10-25)15-24-22(28)21-5-4-8-26(21)23(29)18-6-7-20(27(30)31)17(3)14-18/h6-7,14,16,19,21H,4-5,8-13,15H2,1-3H3,(H,24,28). The Hall–Kier alpha value is -2.52. The Bertz CT molecular complexity index is 838. The number of carbonyl (C=O) groups excluding carboxylic acids is 2. The van der Waals surface area contributed by atoms with Crippen molar-refractivity contribution in [2.45, 2.75) is 52.1 Å². The maximum atomic E-state index is 13.1. The van der Waals surface area contributed by atoms with E-state index in [9.17, 15) is 19.7 Å². The first-order valence-corrected chi connectivity index (χ1v) is 11.4. The number of carbonyl (C=O) groups is 2. The van der Waals surface area contributed by atoms with Crippen molar-refractivity contribution < 1.29 is 19.2 Å². The molecule has 9 nitrogen and oxygen atoms in total. The van der Waals surface area contributed by atoms with Crippen LogP contribution in [0.3, 0.4) is 0 Å². The number of likely N-dealkylation sites (tertiary alicyclic amines) is 1. The number of nitro benzene ring substituents is 1. The highest BCUT2D eigenvalue weighted by Crippen LogP contribution is 2.24. The zero-order chi connectivity index (χ0) is 23.3. The minimum atomic E-state index is -0.512. The van der Waals surface area contributed by atoms with Crippen molar-refractivity contribution in [1.29, 1.82) is 0 Å². The average Bonchev–Trinajstić information content (AvgIpc) is 3.26. The van der Waals surface area contributed by atoms with E-state index < -0.39 is 11.0 Å². The number of amides is 2. The molecule has 2 aliphatic heterocycles. The van der Waals surface area contributed by atoms with E-state index in [4.69, 9.17) is 4.74 Å². The summed E-state index contributed by atoms with van der Waals surface area (Å²) in [4.78, 5) is 40.7. The third-order valence-corrected chi connectivity index (χ3v) is 6.27. The van der Waals surface area contributed by atoms with Crippen LogP contribution in [0.15, 0.2) is 18.2 Å². The van der Waals surface area contributed by atoms with E-state index in [-0.39, 0.29) is 23.5 Å². The van der Waals surface area contributed by atoms with Gasteiger partial charge in [0.1, 0.15) is 6.04 Å². The van der Waals surface area contributed by atoms with Crippen molar-refractivity contribution in [2.24, 2.45) is 5.92 Å². The number of hydrogen-bond donors (Lipinski definition) is 1. The minimum absolute atomic E-state index is 0.0171. The van der Waals surface area contributed by atoms with Gasteiger partial charge in [0.05, 0.1) is 18.1 Å². The highest BCUT2D eigenvalue weighted by Gasteiger charge is 2.35. The molecule has 2 atom stereocenters. The number of ether oxygens (including phenoxy) is 1. The van der Waals surface area contributed by atoms with Gasteiger partial charge in [-0.3, -0.25) is 24.6 Å². The summed E-state index contributed by atoms with van der Waals surface area (Å²) in [5.74, 6) is 0.124. The molecule has 3 rings (SSSR count). The van der Waals surface area contributed by atoms with Crippen LogP contribution in [0.5, 0.6) is 0 Å². The lowest BCUT2D eigenvalue weighted by Crippen LogP contribution is -2.52. The molecule has 0 bridgehead atoms. The van der Waals surface area contributed by atoms with Crippen LogP contribution in [-0.4, -0.2) is 78.0 Å². The van der Waals surface area contributed by atoms with Crippen molar-refractivity contribution in [3.8, 4) is 0 Å². The molecule has 1 N–H and O–H groups in total. The largest absolute Gasteiger partial charge is 0.379 e. The number of hydrogen-bond acceptors (Lipinski definition) is 6. The maximum absolute atomic E-state index is 13.1. The van der Waals surface area contributed by atoms with E-state index in [1.165, 1.54) is 18.2 Å². The normalized spacial score (nSPS) is 20.4. The van der Waals surface area contributed by atoms with Crippen LogP contribution < -0.4 is 5.32 Å². The van der Waals surface area contributed by atoms with Crippen molar-refractivity contribution >= 4 is 17.5 Å². The van der Waals surface area contributed by atoms with Gasteiger partial charge < -0.3 is 15.0 Å². The summed E-state index contributed by atoms with van der Waals surface area (Å²) in [5, 5.41) is 14.1. The van der Waals surface area contributed by atoms with Gasteiger partial charge in [-0.2, -0.15) is 0 Å². The van der Waals surface area contributed by atoms with Crippen LogP contribution in [0.2, 0.25) is 0 Å². The first-order chi connectivity index (χ1) is 15.3. The highest BCUT2D eigenvalue weighted by atomic mass is 16.6. The van der Waals surface area contributed by atoms with Crippen molar-refractivity contribution in [1.82, 2.24) is 15.1 Å². The maximum Gasteiger partial charge on any atom is 0.272 e. The smallest absolute Gasteiger partial charge is 0.272 e. The second-order valence-electron chi connectivity index (χ2n) is 9.09. The number of nitrogens with zero attached hydrogens (tertiary/aromatic N) is 3. The summed E-state index contributed by atoms with van der Waals surface area (Å²) in [6.07, 6.45) is 2.36. The molecule has 2 amide bonds. The topological polar surface area (TPSA) is 105 Å². The molecule has 0 saturated carbocycles. The lowest BCUT2D eigenvalue weighted by Gasteiger charge is -2.36. The van der Waals surface area contributed by atoms with E-state index in [0.29, 0.717) is 49.8 Å². The Kier molecular flexibility index (Phi) is 8.20. The molecule has 0 radical (unpaired) electrons. The predicted molar refractivity (Wildman–Crippen MR) is 121 cm³/mol. The van der Waals surface area contributed by atoms with Crippen LogP contribution in [0.25, 0.3) is 0 Å². The van der Waals surface area contributed by atoms with Crippen LogP contribution in [-0.2, 0) is 9.53 Å². The van der Waals surface area contributed by atoms with Crippen molar-refractivity contribution in [3.63, 3.8) is 0 Å². The quantitative estimate of drug-likeness (QED) is 0.486. The molecule has 176 valence electrons. The second kappa shape index (κ2) is 10.9. The number of rotatable bonds is 8. The van der Waals surface area contributed by atoms with E-state index in [2.05, 4.69) is 24.1 Å². The molecule has 1 aromatic carbocycles. The van der Waals surface area contributed by atoms with E-state index in [0.717, 1.165) is 25.9 Å². The fraction of sp³-hybridized carbons (Fsp3) is 0.652. The molecular formula is C23H34N4O5. The van der Waals surface area contributed by atoms with Gasteiger partial charge in [-0.05, 0) is 44.2 Å². The number of aryl methyl sites for hydroxylation is 1. The summed E-state index contributed by atoms with van der Waals surface area (Å²) < 4.78 is 5.46. The molecule has 32 heavy (non-hydrogen) atoms. The molecule has 0 aromatic heterocycles. The summed E-state index contributed by atoms with van der Waals surface area (Å²) in [6.45, 7) is 10.2. The molecule has 2 saturated heterocycles. The van der Waals surface area contributed by atoms with Crippen molar-refractivity contribution in [2.75, 3.05) is 39.4 Å². The molecule has 2 fully saturated rings. The minimum Gasteiger partial charge on any atom is -0.379 e. The molecule has 9 heteroatoms. The van der Waals surface area contributed by atoms with E-state index in [1.807, 2.05) is 0 Å². The van der Waals surface area contributed by atoms with Gasteiger partial charge in [-0.25, -0.2) is 0 Å². The summed E-state index contributed by atoms with van der Waals surface area (Å²) in [5.41, 5.74) is 0.790. The van der Waals surface area contributed by atoms with Gasteiger partial charge in [0.15, 0.2) is 0 Å². The zero-order valence-corrected chi connectivity index (χ0v) is 19.2. The number of nitrogens with one attached hydrogen (secondary N) is 1. The van der Waals surface area contributed by atoms with Gasteiger partial charge in [0.2, 0.25) is 5.91 Å². The molecular weight excluding hydrogens is 412 g/mol. The Morgan fingerprint density at radius 1 is 1.25 bits per heavy atom. The van der Waals surface area contributed by atoms with Crippen molar-refractivity contribution in [3.05, 3.63) is 39.4 Å². The van der Waals surface area contributed by atoms with Gasteiger partial charge in [0.25, 0.3) is 11.6 Å². The molecule has 0 aliphatic carbocycles. The Labute approximate surface area is 189 Å². The molecule has 2 aliphatic rings. The zero-order valence-electron chi connectivity index (χ0n) is 19.2. The lowest BCUT2D eigenvalue weighted by molar-refractivity contribution is -0.385. The first kappa shape index (κ1) is 24.1. The second-order valence-corrected chi connectivity index (χ2v) is 9.09. The fourth-order valence-corrected chi connectivity index (χ4v) is 4.63. The molecule has 2 unspecified atom stereocenters. The lowest BCUT2D eigenvalue weighted by atomic mass is 10.0. The monoisotopic (exact) mass is 446 g/mol. The summed E-state index contributed by atoms with van der Waals surface area (Å²) >= 11 is 0. The molecule has 1 aromatic rings. The third kappa shape index (κ3) is 5.83. The Balaban J connectivity index is 1.64. The summed E-state index contributed by atoms with van der Waals surface area (Å²) in [7, 11) is 0. The fourth-order valence-electron chi connectivity index (χ4n) is 4.63.